The number of aromatic nitrogens is 3. The lowest BCUT2D eigenvalue weighted by Crippen LogP contribution is -2.08. The molecule has 6 heteroatoms. The van der Waals surface area contributed by atoms with Crippen LogP contribution in [-0.2, 0) is 17.7 Å². The molecule has 0 saturated carbocycles. The first-order valence-electron chi connectivity index (χ1n) is 8.90. The topological polar surface area (TPSA) is 59.9 Å². The highest BCUT2D eigenvalue weighted by Gasteiger charge is 2.20. The molecule has 1 aromatic carbocycles. The molecule has 26 heavy (non-hydrogen) atoms. The monoisotopic (exact) mass is 366 g/mol. The van der Waals surface area contributed by atoms with Crippen LogP contribution in [0.25, 0.3) is 0 Å². The quantitative estimate of drug-likeness (QED) is 0.716. The number of benzene rings is 1. The fraction of sp³-hybridized carbons (Fsp3) is 0.350. The molecule has 0 unspecified atom stereocenters. The van der Waals surface area contributed by atoms with Gasteiger partial charge in [0.25, 0.3) is 0 Å². The molecule has 0 bridgehead atoms. The minimum atomic E-state index is 0.383. The fourth-order valence-corrected chi connectivity index (χ4v) is 3.95. The number of hydrogen-bond donors (Lipinski definition) is 1. The summed E-state index contributed by atoms with van der Waals surface area (Å²) in [5, 5.41) is 6.65. The van der Waals surface area contributed by atoms with Gasteiger partial charge in [-0.2, -0.15) is 0 Å². The van der Waals surface area contributed by atoms with Gasteiger partial charge in [0.1, 0.15) is 11.6 Å². The summed E-state index contributed by atoms with van der Waals surface area (Å²) in [6.07, 6.45) is 1.91. The third-order valence-corrected chi connectivity index (χ3v) is 5.35. The molecule has 1 fully saturated rings. The van der Waals surface area contributed by atoms with Crippen molar-refractivity contribution < 1.29 is 4.74 Å². The molecule has 1 saturated heterocycles. The van der Waals surface area contributed by atoms with Crippen LogP contribution in [0, 0.1) is 6.92 Å². The van der Waals surface area contributed by atoms with Crippen molar-refractivity contribution in [2.24, 2.45) is 0 Å². The lowest BCUT2D eigenvalue weighted by molar-refractivity contribution is 0.193. The number of ether oxygens (including phenoxy) is 1. The van der Waals surface area contributed by atoms with Crippen molar-refractivity contribution in [2.75, 3.05) is 18.5 Å². The van der Waals surface area contributed by atoms with Crippen molar-refractivity contribution in [3.05, 3.63) is 69.6 Å². The van der Waals surface area contributed by atoms with Crippen LogP contribution in [0.5, 0.6) is 0 Å². The molecule has 5 nitrogen and oxygen atoms in total. The summed E-state index contributed by atoms with van der Waals surface area (Å²) in [5.74, 6) is 2.03. The Hall–Kier alpha value is -2.31. The number of aryl methyl sites for hydroxylation is 1. The van der Waals surface area contributed by atoms with Crippen LogP contribution in [0.2, 0.25) is 0 Å². The van der Waals surface area contributed by atoms with E-state index in [0.717, 1.165) is 54.1 Å². The zero-order chi connectivity index (χ0) is 17.8. The van der Waals surface area contributed by atoms with E-state index in [1.807, 2.05) is 19.1 Å². The number of anilines is 1. The van der Waals surface area contributed by atoms with E-state index in [1.165, 1.54) is 5.56 Å². The van der Waals surface area contributed by atoms with Gasteiger partial charge < -0.3 is 10.1 Å². The zero-order valence-corrected chi connectivity index (χ0v) is 15.6. The van der Waals surface area contributed by atoms with Crippen LogP contribution in [0.4, 0.5) is 5.82 Å². The summed E-state index contributed by atoms with van der Waals surface area (Å²) in [7, 11) is 0. The van der Waals surface area contributed by atoms with Crippen molar-refractivity contribution in [3.63, 3.8) is 0 Å². The minimum absolute atomic E-state index is 0.383. The van der Waals surface area contributed by atoms with Crippen LogP contribution >= 0.6 is 11.3 Å². The molecule has 4 rings (SSSR count). The summed E-state index contributed by atoms with van der Waals surface area (Å²) in [6.45, 7) is 4.18. The van der Waals surface area contributed by atoms with Gasteiger partial charge >= 0.3 is 0 Å². The first-order chi connectivity index (χ1) is 12.8. The van der Waals surface area contributed by atoms with E-state index in [0.29, 0.717) is 12.5 Å². The van der Waals surface area contributed by atoms with Gasteiger partial charge in [-0.1, -0.05) is 30.3 Å². The minimum Gasteiger partial charge on any atom is -0.381 e. The average molecular weight is 366 g/mol. The molecule has 134 valence electrons. The SMILES string of the molecule is Cc1nc(NCc2csc(Cc3ccccc3)n2)cc([C@H]2CCOC2)n1. The lowest BCUT2D eigenvalue weighted by Gasteiger charge is -2.11. The molecule has 0 aliphatic carbocycles. The Balaban J connectivity index is 1.40. The normalized spacial score (nSPS) is 16.7. The maximum atomic E-state index is 5.48. The highest BCUT2D eigenvalue weighted by atomic mass is 32.1. The highest BCUT2D eigenvalue weighted by molar-refractivity contribution is 7.09. The number of nitrogens with one attached hydrogen (secondary N) is 1. The summed E-state index contributed by atoms with van der Waals surface area (Å²) >= 11 is 1.71. The second-order valence-electron chi connectivity index (χ2n) is 6.53. The van der Waals surface area contributed by atoms with Crippen LogP contribution in [-0.4, -0.2) is 28.2 Å². The van der Waals surface area contributed by atoms with Crippen molar-refractivity contribution in [1.29, 1.82) is 0 Å². The van der Waals surface area contributed by atoms with Crippen LogP contribution in [0.1, 0.15) is 40.1 Å². The second kappa shape index (κ2) is 7.93. The van der Waals surface area contributed by atoms with Gasteiger partial charge in [0.2, 0.25) is 0 Å². The predicted octanol–water partition coefficient (Wildman–Crippen LogP) is 3.95. The van der Waals surface area contributed by atoms with Crippen molar-refractivity contribution in [3.8, 4) is 0 Å². The van der Waals surface area contributed by atoms with E-state index in [-0.39, 0.29) is 0 Å². The molecule has 0 spiro atoms. The molecular formula is C20H22N4OS. The molecule has 3 aromatic rings. The predicted molar refractivity (Wildman–Crippen MR) is 104 cm³/mol. The van der Waals surface area contributed by atoms with Gasteiger partial charge in [-0.25, -0.2) is 15.0 Å². The lowest BCUT2D eigenvalue weighted by atomic mass is 10.0. The van der Waals surface area contributed by atoms with Gasteiger partial charge in [0, 0.05) is 30.4 Å². The van der Waals surface area contributed by atoms with E-state index < -0.39 is 0 Å². The van der Waals surface area contributed by atoms with E-state index >= 15 is 0 Å². The smallest absolute Gasteiger partial charge is 0.130 e. The summed E-state index contributed by atoms with van der Waals surface area (Å²) in [4.78, 5) is 13.8. The molecule has 1 aliphatic rings. The van der Waals surface area contributed by atoms with Crippen molar-refractivity contribution >= 4 is 17.2 Å². The molecule has 2 aromatic heterocycles. The number of nitrogens with zero attached hydrogens (tertiary/aromatic N) is 3. The van der Waals surface area contributed by atoms with Crippen molar-refractivity contribution in [2.45, 2.75) is 32.2 Å². The van der Waals surface area contributed by atoms with Crippen molar-refractivity contribution in [1.82, 2.24) is 15.0 Å². The zero-order valence-electron chi connectivity index (χ0n) is 14.8. The fourth-order valence-electron chi connectivity index (χ4n) is 3.12. The van der Waals surface area contributed by atoms with Gasteiger partial charge in [0.05, 0.1) is 29.5 Å². The van der Waals surface area contributed by atoms with Gasteiger partial charge in [-0.05, 0) is 18.9 Å². The molecule has 1 N–H and O–H groups in total. The molecule has 1 atom stereocenters. The highest BCUT2D eigenvalue weighted by Crippen LogP contribution is 2.25. The Bertz CT molecular complexity index is 859. The first-order valence-corrected chi connectivity index (χ1v) is 9.78. The van der Waals surface area contributed by atoms with E-state index in [9.17, 15) is 0 Å². The number of thiazole rings is 1. The largest absolute Gasteiger partial charge is 0.381 e. The molecule has 3 heterocycles. The summed E-state index contributed by atoms with van der Waals surface area (Å²) in [6, 6.07) is 12.5. The maximum absolute atomic E-state index is 5.48. The summed E-state index contributed by atoms with van der Waals surface area (Å²) in [5.41, 5.74) is 3.40. The Morgan fingerprint density at radius 2 is 2.08 bits per heavy atom. The first kappa shape index (κ1) is 17.1. The van der Waals surface area contributed by atoms with E-state index in [1.54, 1.807) is 11.3 Å². The number of hydrogen-bond acceptors (Lipinski definition) is 6. The van der Waals surface area contributed by atoms with E-state index in [4.69, 9.17) is 9.72 Å². The van der Waals surface area contributed by atoms with Crippen LogP contribution in [0.3, 0.4) is 0 Å². The van der Waals surface area contributed by atoms with Gasteiger partial charge in [-0.15, -0.1) is 11.3 Å². The van der Waals surface area contributed by atoms with Gasteiger partial charge in [0.15, 0.2) is 0 Å². The Labute approximate surface area is 157 Å². The van der Waals surface area contributed by atoms with Crippen LogP contribution in [0.15, 0.2) is 41.8 Å². The molecular weight excluding hydrogens is 344 g/mol. The average Bonchev–Trinajstić information content (AvgIpc) is 3.33. The maximum Gasteiger partial charge on any atom is 0.130 e. The second-order valence-corrected chi connectivity index (χ2v) is 7.48. The third-order valence-electron chi connectivity index (χ3n) is 4.45. The molecule has 0 radical (unpaired) electrons. The van der Waals surface area contributed by atoms with Gasteiger partial charge in [-0.3, -0.25) is 0 Å². The Kier molecular flexibility index (Phi) is 5.22. The Morgan fingerprint density at radius 3 is 2.88 bits per heavy atom. The summed E-state index contributed by atoms with van der Waals surface area (Å²) < 4.78 is 5.48. The molecule has 0 amide bonds. The van der Waals surface area contributed by atoms with E-state index in [2.05, 4.69) is 44.9 Å². The van der Waals surface area contributed by atoms with Crippen LogP contribution < -0.4 is 5.32 Å². The standard InChI is InChI=1S/C20H22N4OS/c1-14-22-18(16-7-8-25-12-16)10-19(23-14)21-11-17-13-26-20(24-17)9-15-5-3-2-4-6-15/h2-6,10,13,16H,7-9,11-12H2,1H3,(H,21,22,23)/t16-/m0/s1. The number of rotatable bonds is 6. The molecule has 1 aliphatic heterocycles. The third kappa shape index (κ3) is 4.26. The Morgan fingerprint density at radius 1 is 1.19 bits per heavy atom.